The zero-order chi connectivity index (χ0) is 30.1. The molecule has 5 atom stereocenters. The van der Waals surface area contributed by atoms with E-state index in [1.54, 1.807) is 22.0 Å². The van der Waals surface area contributed by atoms with Crippen LogP contribution < -0.4 is 0 Å². The Hall–Kier alpha value is -2.19. The molecule has 226 valence electrons. The molecule has 1 spiro atoms. The minimum absolute atomic E-state index is 0.0356. The van der Waals surface area contributed by atoms with Crippen LogP contribution in [0.4, 0.5) is 0 Å². The average Bonchev–Trinajstić information content (AvgIpc) is 3.47. The van der Waals surface area contributed by atoms with E-state index in [4.69, 9.17) is 4.74 Å². The predicted octanol–water partition coefficient (Wildman–Crippen LogP) is 4.18. The van der Waals surface area contributed by atoms with Crippen molar-refractivity contribution in [2.24, 2.45) is 17.3 Å². The molecule has 3 aliphatic rings. The van der Waals surface area contributed by atoms with Crippen molar-refractivity contribution in [2.75, 3.05) is 32.8 Å². The Kier molecular flexibility index (Phi) is 9.67. The Morgan fingerprint density at radius 3 is 2.27 bits per heavy atom. The summed E-state index contributed by atoms with van der Waals surface area (Å²) >= 11 is 0. The largest absolute Gasteiger partial charge is 0.396 e. The normalized spacial score (nSPS) is 29.4. The third-order valence-electron chi connectivity index (χ3n) is 9.16. The number of rotatable bonds is 14. The highest BCUT2D eigenvalue weighted by Gasteiger charge is 2.79. The third kappa shape index (κ3) is 5.50. The molecule has 0 aromatic carbocycles. The van der Waals surface area contributed by atoms with E-state index in [1.165, 1.54) is 0 Å². The van der Waals surface area contributed by atoms with E-state index in [9.17, 15) is 19.5 Å². The van der Waals surface area contributed by atoms with Gasteiger partial charge in [-0.15, -0.1) is 13.2 Å². The molecule has 8 heteroatoms. The number of hydrogen-bond acceptors (Lipinski definition) is 5. The highest BCUT2D eigenvalue weighted by Crippen LogP contribution is 2.64. The number of nitrogens with zero attached hydrogens (tertiary/aromatic N) is 3. The topological polar surface area (TPSA) is 90.4 Å². The maximum absolute atomic E-state index is 14.8. The van der Waals surface area contributed by atoms with E-state index in [0.29, 0.717) is 45.3 Å². The van der Waals surface area contributed by atoms with Crippen LogP contribution >= 0.6 is 0 Å². The highest BCUT2D eigenvalue weighted by molar-refractivity contribution is 5.99. The van der Waals surface area contributed by atoms with Crippen LogP contribution in [0.25, 0.3) is 0 Å². The summed E-state index contributed by atoms with van der Waals surface area (Å²) in [5.41, 5.74) is -2.41. The molecule has 3 aliphatic heterocycles. The average molecular weight is 560 g/mol. The molecule has 2 unspecified atom stereocenters. The Bertz CT molecular complexity index is 988. The quantitative estimate of drug-likeness (QED) is 0.323. The number of hydrogen-bond donors (Lipinski definition) is 1. The predicted molar refractivity (Wildman–Crippen MR) is 157 cm³/mol. The molecule has 0 radical (unpaired) electrons. The Morgan fingerprint density at radius 1 is 1.10 bits per heavy atom. The van der Waals surface area contributed by atoms with Gasteiger partial charge in [0.2, 0.25) is 17.7 Å². The number of amides is 3. The lowest BCUT2D eigenvalue weighted by atomic mass is 9.64. The van der Waals surface area contributed by atoms with Gasteiger partial charge in [0.05, 0.1) is 17.4 Å². The molecule has 3 saturated heterocycles. The molecule has 2 bridgehead atoms. The van der Waals surface area contributed by atoms with Crippen molar-refractivity contribution in [3.05, 3.63) is 25.3 Å². The lowest BCUT2D eigenvalue weighted by Crippen LogP contribution is -2.61. The van der Waals surface area contributed by atoms with Gasteiger partial charge in [0.1, 0.15) is 11.6 Å². The molecule has 40 heavy (non-hydrogen) atoms. The Labute approximate surface area is 241 Å². The summed E-state index contributed by atoms with van der Waals surface area (Å²) in [6.45, 7) is 23.9. The molecule has 3 rings (SSSR count). The van der Waals surface area contributed by atoms with Crippen LogP contribution in [0.2, 0.25) is 0 Å². The van der Waals surface area contributed by atoms with Crippen LogP contribution in [-0.2, 0) is 19.1 Å². The van der Waals surface area contributed by atoms with Gasteiger partial charge in [0.25, 0.3) is 0 Å². The molecular weight excluding hydrogens is 506 g/mol. The van der Waals surface area contributed by atoms with E-state index < -0.39 is 34.6 Å². The van der Waals surface area contributed by atoms with E-state index in [2.05, 4.69) is 47.8 Å². The molecular formula is C32H53N3O5. The first-order valence-corrected chi connectivity index (χ1v) is 15.1. The number of carbonyl (C=O) groups is 3. The maximum atomic E-state index is 14.8. The Morgan fingerprint density at radius 2 is 1.75 bits per heavy atom. The molecule has 8 nitrogen and oxygen atoms in total. The van der Waals surface area contributed by atoms with Crippen molar-refractivity contribution < 1.29 is 24.2 Å². The minimum atomic E-state index is -1.08. The van der Waals surface area contributed by atoms with Crippen LogP contribution in [0.15, 0.2) is 25.3 Å². The van der Waals surface area contributed by atoms with Crippen molar-refractivity contribution in [1.29, 1.82) is 0 Å². The molecule has 3 fully saturated rings. The summed E-state index contributed by atoms with van der Waals surface area (Å²) in [7, 11) is 0. The first kappa shape index (κ1) is 32.3. The summed E-state index contributed by atoms with van der Waals surface area (Å²) < 4.78 is 6.95. The zero-order valence-corrected chi connectivity index (χ0v) is 26.0. The molecule has 0 aromatic rings. The summed E-state index contributed by atoms with van der Waals surface area (Å²) in [4.78, 5) is 48.5. The first-order valence-electron chi connectivity index (χ1n) is 15.1. The minimum Gasteiger partial charge on any atom is -0.396 e. The second kappa shape index (κ2) is 12.0. The fourth-order valence-corrected chi connectivity index (χ4v) is 8.07. The van der Waals surface area contributed by atoms with Crippen molar-refractivity contribution in [2.45, 2.75) is 110 Å². The van der Waals surface area contributed by atoms with E-state index in [0.717, 1.165) is 12.8 Å². The van der Waals surface area contributed by atoms with Gasteiger partial charge in [-0.25, -0.2) is 0 Å². The molecule has 0 aliphatic carbocycles. The SMILES string of the molecule is C=CCN(CCC)C(=O)[C@@H]1[C@H]2C(=O)N(CCCO)C(C(=O)N(CC=C)C(C)(C)CC(C)(C)C)C23CC[C@@]1(CC)O3. The van der Waals surface area contributed by atoms with Crippen LogP contribution in [0, 0.1) is 17.3 Å². The molecule has 3 amide bonds. The van der Waals surface area contributed by atoms with Crippen molar-refractivity contribution in [3.63, 3.8) is 0 Å². The molecule has 1 N–H and O–H groups in total. The lowest BCUT2D eigenvalue weighted by Gasteiger charge is -2.45. The second-order valence-corrected chi connectivity index (χ2v) is 13.8. The van der Waals surface area contributed by atoms with Gasteiger partial charge in [-0.05, 0) is 57.8 Å². The van der Waals surface area contributed by atoms with Crippen LogP contribution in [0.5, 0.6) is 0 Å². The monoisotopic (exact) mass is 559 g/mol. The van der Waals surface area contributed by atoms with E-state index in [-0.39, 0.29) is 36.3 Å². The van der Waals surface area contributed by atoms with Crippen LogP contribution in [-0.4, -0.2) is 93.1 Å². The summed E-state index contributed by atoms with van der Waals surface area (Å²) in [6, 6.07) is -0.860. The number of fused-ring (bicyclic) bond motifs is 1. The zero-order valence-electron chi connectivity index (χ0n) is 26.0. The van der Waals surface area contributed by atoms with Gasteiger partial charge in [-0.1, -0.05) is 46.8 Å². The van der Waals surface area contributed by atoms with Crippen molar-refractivity contribution in [1.82, 2.24) is 14.7 Å². The van der Waals surface area contributed by atoms with Crippen molar-refractivity contribution >= 4 is 17.7 Å². The fraction of sp³-hybridized carbons (Fsp3) is 0.781. The van der Waals surface area contributed by atoms with Crippen LogP contribution in [0.3, 0.4) is 0 Å². The van der Waals surface area contributed by atoms with Crippen LogP contribution in [0.1, 0.15) is 87.0 Å². The number of likely N-dealkylation sites (tertiary alicyclic amines) is 1. The summed E-state index contributed by atoms with van der Waals surface area (Å²) in [5.74, 6) is -1.85. The maximum Gasteiger partial charge on any atom is 0.249 e. The molecule has 0 saturated carbocycles. The summed E-state index contributed by atoms with van der Waals surface area (Å²) in [5, 5.41) is 9.68. The second-order valence-electron chi connectivity index (χ2n) is 13.8. The third-order valence-corrected chi connectivity index (χ3v) is 9.16. The van der Waals surface area contributed by atoms with Gasteiger partial charge >= 0.3 is 0 Å². The molecule has 0 aromatic heterocycles. The number of aliphatic hydroxyl groups excluding tert-OH is 1. The molecule has 3 heterocycles. The number of ether oxygens (including phenoxy) is 1. The van der Waals surface area contributed by atoms with Gasteiger partial charge < -0.3 is 24.5 Å². The van der Waals surface area contributed by atoms with Gasteiger partial charge in [-0.2, -0.15) is 0 Å². The summed E-state index contributed by atoms with van der Waals surface area (Å²) in [6.07, 6.45) is 7.11. The van der Waals surface area contributed by atoms with E-state index in [1.807, 2.05) is 18.7 Å². The van der Waals surface area contributed by atoms with Gasteiger partial charge in [-0.3, -0.25) is 14.4 Å². The smallest absolute Gasteiger partial charge is 0.249 e. The fourth-order valence-electron chi connectivity index (χ4n) is 8.07. The van der Waals surface area contributed by atoms with Gasteiger partial charge in [0.15, 0.2) is 0 Å². The van der Waals surface area contributed by atoms with Crippen molar-refractivity contribution in [3.8, 4) is 0 Å². The highest BCUT2D eigenvalue weighted by atomic mass is 16.5. The lowest BCUT2D eigenvalue weighted by molar-refractivity contribution is -0.158. The number of aliphatic hydroxyl groups is 1. The number of carbonyl (C=O) groups excluding carboxylic acids is 3. The van der Waals surface area contributed by atoms with E-state index >= 15 is 0 Å². The van der Waals surface area contributed by atoms with Gasteiger partial charge in [0, 0.05) is 38.3 Å². The Balaban J connectivity index is 2.14. The first-order chi connectivity index (χ1) is 18.7. The standard InChI is InChI=1S/C32H53N3O5/c1-10-17-33(18-11-2)26(37)23-24-27(38)34(20-14-21-36)25(32(24)16-15-31(23,13-4)40-32)28(39)35(19-12-3)30(8,9)22-29(5,6)7/h10,12,23-25,36H,1,3,11,13-22H2,2,4-9H3/t23-,24-,25?,31+,32?/m0/s1.